The molecular formula is C15H35IN4. The van der Waals surface area contributed by atoms with Crippen LogP contribution in [0.2, 0.25) is 0 Å². The van der Waals surface area contributed by atoms with Gasteiger partial charge in [-0.3, -0.25) is 4.99 Å². The minimum Gasteiger partial charge on any atom is -0.357 e. The lowest BCUT2D eigenvalue weighted by molar-refractivity contribution is 0.389. The Bertz CT molecular complexity index is 220. The number of hydrogen-bond acceptors (Lipinski definition) is 2. The molecule has 0 aliphatic heterocycles. The molecule has 2 N–H and O–H groups in total. The highest BCUT2D eigenvalue weighted by Crippen LogP contribution is 2.02. The zero-order chi connectivity index (χ0) is 14.3. The van der Waals surface area contributed by atoms with Gasteiger partial charge in [0.15, 0.2) is 5.96 Å². The van der Waals surface area contributed by atoms with Gasteiger partial charge in [-0.15, -0.1) is 24.0 Å². The molecular weight excluding hydrogens is 363 g/mol. The third kappa shape index (κ3) is 16.0. The lowest BCUT2D eigenvalue weighted by Crippen LogP contribution is -2.37. The topological polar surface area (TPSA) is 39.7 Å². The highest BCUT2D eigenvalue weighted by atomic mass is 127. The molecule has 0 aromatic carbocycles. The maximum absolute atomic E-state index is 4.49. The van der Waals surface area contributed by atoms with Gasteiger partial charge in [0.05, 0.1) is 0 Å². The predicted octanol–water partition coefficient (Wildman–Crippen LogP) is 3.08. The van der Waals surface area contributed by atoms with Gasteiger partial charge in [0.25, 0.3) is 0 Å². The van der Waals surface area contributed by atoms with Crippen molar-refractivity contribution in [2.45, 2.75) is 52.4 Å². The van der Waals surface area contributed by atoms with Crippen molar-refractivity contribution in [2.24, 2.45) is 4.99 Å². The van der Waals surface area contributed by atoms with Gasteiger partial charge < -0.3 is 15.5 Å². The van der Waals surface area contributed by atoms with E-state index in [0.29, 0.717) is 0 Å². The first-order chi connectivity index (χ1) is 9.20. The van der Waals surface area contributed by atoms with Crippen LogP contribution in [0.4, 0.5) is 0 Å². The van der Waals surface area contributed by atoms with Gasteiger partial charge in [-0.05, 0) is 46.8 Å². The van der Waals surface area contributed by atoms with E-state index in [4.69, 9.17) is 0 Å². The number of nitrogens with one attached hydrogen (secondary N) is 2. The zero-order valence-electron chi connectivity index (χ0n) is 13.9. The first-order valence-electron chi connectivity index (χ1n) is 7.87. The first-order valence-corrected chi connectivity index (χ1v) is 7.87. The van der Waals surface area contributed by atoms with Crippen LogP contribution >= 0.6 is 24.0 Å². The standard InChI is InChI=1S/C15H34N4.HI/c1-5-12-17-15(16-6-2)18-13-10-8-7-9-11-14-19(3)4;/h5-14H2,1-4H3,(H2,16,17,18);1H. The van der Waals surface area contributed by atoms with Gasteiger partial charge in [0, 0.05) is 19.6 Å². The second-order valence-corrected chi connectivity index (χ2v) is 5.26. The van der Waals surface area contributed by atoms with E-state index in [1.165, 1.54) is 38.6 Å². The lowest BCUT2D eigenvalue weighted by Gasteiger charge is -2.11. The average molecular weight is 398 g/mol. The fraction of sp³-hybridized carbons (Fsp3) is 0.933. The maximum atomic E-state index is 4.49. The van der Waals surface area contributed by atoms with E-state index in [-0.39, 0.29) is 24.0 Å². The molecule has 0 heterocycles. The zero-order valence-corrected chi connectivity index (χ0v) is 16.2. The summed E-state index contributed by atoms with van der Waals surface area (Å²) in [4.78, 5) is 6.75. The Labute approximate surface area is 143 Å². The van der Waals surface area contributed by atoms with Crippen molar-refractivity contribution < 1.29 is 0 Å². The molecule has 5 heteroatoms. The Morgan fingerprint density at radius 2 is 1.60 bits per heavy atom. The lowest BCUT2D eigenvalue weighted by atomic mass is 10.1. The molecule has 0 aliphatic rings. The van der Waals surface area contributed by atoms with Gasteiger partial charge in [0.2, 0.25) is 0 Å². The molecule has 0 aliphatic carbocycles. The van der Waals surface area contributed by atoms with Crippen LogP contribution in [0.25, 0.3) is 0 Å². The SMILES string of the molecule is CCCN=C(NCC)NCCCCCCCN(C)C.I. The van der Waals surface area contributed by atoms with E-state index in [1.54, 1.807) is 0 Å². The molecule has 0 rings (SSSR count). The number of guanidine groups is 1. The first kappa shape index (κ1) is 22.2. The van der Waals surface area contributed by atoms with Gasteiger partial charge in [0.1, 0.15) is 0 Å². The van der Waals surface area contributed by atoms with E-state index in [0.717, 1.165) is 32.0 Å². The molecule has 0 atom stereocenters. The fourth-order valence-corrected chi connectivity index (χ4v) is 1.86. The largest absolute Gasteiger partial charge is 0.357 e. The van der Waals surface area contributed by atoms with Crippen LogP contribution in [-0.2, 0) is 0 Å². The summed E-state index contributed by atoms with van der Waals surface area (Å²) in [5, 5.41) is 6.67. The number of unbranched alkanes of at least 4 members (excludes halogenated alkanes) is 4. The van der Waals surface area contributed by atoms with Crippen LogP contribution < -0.4 is 10.6 Å². The van der Waals surface area contributed by atoms with Crippen molar-refractivity contribution >= 4 is 29.9 Å². The molecule has 0 unspecified atom stereocenters. The molecule has 4 nitrogen and oxygen atoms in total. The monoisotopic (exact) mass is 398 g/mol. The molecule has 0 saturated heterocycles. The molecule has 0 spiro atoms. The predicted molar refractivity (Wildman–Crippen MR) is 101 cm³/mol. The molecule has 0 amide bonds. The van der Waals surface area contributed by atoms with Gasteiger partial charge in [-0.25, -0.2) is 0 Å². The van der Waals surface area contributed by atoms with Crippen molar-refractivity contribution in [3.8, 4) is 0 Å². The van der Waals surface area contributed by atoms with E-state index in [9.17, 15) is 0 Å². The second-order valence-electron chi connectivity index (χ2n) is 5.26. The summed E-state index contributed by atoms with van der Waals surface area (Å²) in [7, 11) is 4.28. The molecule has 0 bridgehead atoms. The summed E-state index contributed by atoms with van der Waals surface area (Å²) in [6.45, 7) is 8.34. The highest BCUT2D eigenvalue weighted by molar-refractivity contribution is 14.0. The fourth-order valence-electron chi connectivity index (χ4n) is 1.86. The minimum absolute atomic E-state index is 0. The molecule has 0 aromatic rings. The third-order valence-corrected chi connectivity index (χ3v) is 2.91. The molecule has 0 aromatic heterocycles. The van der Waals surface area contributed by atoms with Gasteiger partial charge in [-0.2, -0.15) is 0 Å². The van der Waals surface area contributed by atoms with Crippen LogP contribution in [0.1, 0.15) is 52.4 Å². The van der Waals surface area contributed by atoms with Crippen molar-refractivity contribution in [1.82, 2.24) is 15.5 Å². The maximum Gasteiger partial charge on any atom is 0.191 e. The van der Waals surface area contributed by atoms with Crippen molar-refractivity contribution in [1.29, 1.82) is 0 Å². The van der Waals surface area contributed by atoms with Crippen LogP contribution in [0, 0.1) is 0 Å². The summed E-state index contributed by atoms with van der Waals surface area (Å²) in [6.07, 6.45) is 7.66. The summed E-state index contributed by atoms with van der Waals surface area (Å²) in [5.74, 6) is 0.969. The number of aliphatic imine (C=N–C) groups is 1. The Kier molecular flexibility index (Phi) is 18.9. The summed E-state index contributed by atoms with van der Waals surface area (Å²) in [6, 6.07) is 0. The number of halogens is 1. The highest BCUT2D eigenvalue weighted by Gasteiger charge is 1.96. The second kappa shape index (κ2) is 17.0. The Hall–Kier alpha value is -0.0400. The molecule has 0 saturated carbocycles. The third-order valence-electron chi connectivity index (χ3n) is 2.91. The van der Waals surface area contributed by atoms with Crippen molar-refractivity contribution in [2.75, 3.05) is 40.3 Å². The van der Waals surface area contributed by atoms with Crippen LogP contribution in [-0.4, -0.2) is 51.1 Å². The number of rotatable bonds is 11. The summed E-state index contributed by atoms with van der Waals surface area (Å²) in [5.41, 5.74) is 0. The molecule has 0 fully saturated rings. The Balaban J connectivity index is 0. The summed E-state index contributed by atoms with van der Waals surface area (Å²) < 4.78 is 0. The molecule has 122 valence electrons. The van der Waals surface area contributed by atoms with Crippen LogP contribution in [0.5, 0.6) is 0 Å². The van der Waals surface area contributed by atoms with Gasteiger partial charge in [-0.1, -0.05) is 26.2 Å². The smallest absolute Gasteiger partial charge is 0.191 e. The van der Waals surface area contributed by atoms with Crippen molar-refractivity contribution in [3.63, 3.8) is 0 Å². The molecule has 0 radical (unpaired) electrons. The normalized spacial score (nSPS) is 11.3. The van der Waals surface area contributed by atoms with E-state index < -0.39 is 0 Å². The number of hydrogen-bond donors (Lipinski definition) is 2. The average Bonchev–Trinajstić information content (AvgIpc) is 2.38. The van der Waals surface area contributed by atoms with Crippen molar-refractivity contribution in [3.05, 3.63) is 0 Å². The van der Waals surface area contributed by atoms with Crippen LogP contribution in [0.15, 0.2) is 4.99 Å². The Morgan fingerprint density at radius 3 is 2.20 bits per heavy atom. The van der Waals surface area contributed by atoms with Gasteiger partial charge >= 0.3 is 0 Å². The van der Waals surface area contributed by atoms with Crippen LogP contribution in [0.3, 0.4) is 0 Å². The quantitative estimate of drug-likeness (QED) is 0.243. The Morgan fingerprint density at radius 1 is 0.950 bits per heavy atom. The molecule has 20 heavy (non-hydrogen) atoms. The van der Waals surface area contributed by atoms with E-state index >= 15 is 0 Å². The summed E-state index contributed by atoms with van der Waals surface area (Å²) >= 11 is 0. The van der Waals surface area contributed by atoms with E-state index in [1.807, 2.05) is 0 Å². The van der Waals surface area contributed by atoms with E-state index in [2.05, 4.69) is 48.5 Å². The number of nitrogens with zero attached hydrogens (tertiary/aromatic N) is 2. The minimum atomic E-state index is 0.